The number of halogens is 1. The van der Waals surface area contributed by atoms with E-state index >= 15 is 0 Å². The van der Waals surface area contributed by atoms with Gasteiger partial charge in [-0.1, -0.05) is 29.8 Å². The molecule has 1 N–H and O–H groups in total. The van der Waals surface area contributed by atoms with Gasteiger partial charge in [0.05, 0.1) is 15.7 Å². The molecule has 1 heterocycles. The number of aromatic hydroxyl groups is 1. The summed E-state index contributed by atoms with van der Waals surface area (Å²) in [7, 11) is -1.35. The molecule has 1 aliphatic rings. The highest BCUT2D eigenvalue weighted by Gasteiger charge is 2.27. The van der Waals surface area contributed by atoms with Gasteiger partial charge in [-0.15, -0.1) is 0 Å². The first-order chi connectivity index (χ1) is 8.59. The zero-order valence-corrected chi connectivity index (χ0v) is 11.3. The minimum Gasteiger partial charge on any atom is -0.507 e. The van der Waals surface area contributed by atoms with Gasteiger partial charge < -0.3 is 5.11 Å². The summed E-state index contributed by atoms with van der Waals surface area (Å²) < 4.78 is 12.5. The molecule has 0 aliphatic carbocycles. The quantitative estimate of drug-likeness (QED) is 0.684. The van der Waals surface area contributed by atoms with Gasteiger partial charge >= 0.3 is 0 Å². The highest BCUT2D eigenvalue weighted by Crippen LogP contribution is 2.41. The normalized spacial score (nSPS) is 17.1. The summed E-state index contributed by atoms with van der Waals surface area (Å²) in [6, 6.07) is 9.14. The predicted octanol–water partition coefficient (Wildman–Crippen LogP) is 3.42. The Hall–Kier alpha value is -1.32. The van der Waals surface area contributed by atoms with Gasteiger partial charge in [0.15, 0.2) is 0 Å². The smallest absolute Gasteiger partial charge is 0.132 e. The van der Waals surface area contributed by atoms with E-state index < -0.39 is 10.8 Å². The van der Waals surface area contributed by atoms with Crippen molar-refractivity contribution in [2.45, 2.75) is 23.1 Å². The molecule has 0 saturated carbocycles. The molecule has 0 aromatic heterocycles. The summed E-state index contributed by atoms with van der Waals surface area (Å²) in [5, 5.41) is 10.6. The third kappa shape index (κ3) is 1.58. The molecular weight excluding hydrogens is 268 g/mol. The third-order valence-corrected chi connectivity index (χ3v) is 5.35. The molecule has 0 fully saturated rings. The Morgan fingerprint density at radius 2 is 2.06 bits per heavy atom. The monoisotopic (exact) mass is 278 g/mol. The number of aryl methyl sites for hydroxylation is 1. The van der Waals surface area contributed by atoms with Crippen LogP contribution in [0.4, 0.5) is 0 Å². The van der Waals surface area contributed by atoms with Crippen LogP contribution in [0.25, 0.3) is 0 Å². The van der Waals surface area contributed by atoms with Gasteiger partial charge in [0.1, 0.15) is 5.75 Å². The number of phenolic OH excluding ortho intramolecular Hbond substituents is 1. The molecule has 0 radical (unpaired) electrons. The summed E-state index contributed by atoms with van der Waals surface area (Å²) in [6.07, 6.45) is 0.616. The van der Waals surface area contributed by atoms with Crippen molar-refractivity contribution in [1.82, 2.24) is 0 Å². The fourth-order valence-electron chi connectivity index (χ4n) is 2.32. The van der Waals surface area contributed by atoms with E-state index in [1.54, 1.807) is 6.07 Å². The maximum absolute atomic E-state index is 12.5. The van der Waals surface area contributed by atoms with Gasteiger partial charge in [0.2, 0.25) is 0 Å². The van der Waals surface area contributed by atoms with Gasteiger partial charge in [-0.05, 0) is 35.7 Å². The van der Waals surface area contributed by atoms with Crippen LogP contribution in [0.15, 0.2) is 40.1 Å². The van der Waals surface area contributed by atoms with E-state index in [0.717, 1.165) is 21.6 Å². The van der Waals surface area contributed by atoms with Crippen LogP contribution < -0.4 is 0 Å². The lowest BCUT2D eigenvalue weighted by molar-refractivity contribution is 0.459. The number of rotatable bonds is 0. The van der Waals surface area contributed by atoms with Crippen LogP contribution in [0.5, 0.6) is 5.75 Å². The van der Waals surface area contributed by atoms with Gasteiger partial charge in [-0.3, -0.25) is 0 Å². The van der Waals surface area contributed by atoms with Crippen LogP contribution in [0.3, 0.4) is 0 Å². The highest BCUT2D eigenvalue weighted by molar-refractivity contribution is 7.85. The third-order valence-electron chi connectivity index (χ3n) is 3.20. The van der Waals surface area contributed by atoms with Crippen LogP contribution in [0.2, 0.25) is 5.02 Å². The number of hydrogen-bond acceptors (Lipinski definition) is 2. The number of hydrogen-bond donors (Lipinski definition) is 1. The molecule has 92 valence electrons. The van der Waals surface area contributed by atoms with Crippen molar-refractivity contribution in [3.8, 4) is 5.75 Å². The summed E-state index contributed by atoms with van der Waals surface area (Å²) in [5.74, 6) is 0.0692. The van der Waals surface area contributed by atoms with Crippen LogP contribution in [0, 0.1) is 6.92 Å². The zero-order valence-electron chi connectivity index (χ0n) is 9.74. The number of fused-ring (bicyclic) bond motifs is 2. The average Bonchev–Trinajstić information content (AvgIpc) is 2.36. The molecule has 4 heteroatoms. The van der Waals surface area contributed by atoms with Crippen molar-refractivity contribution in [3.63, 3.8) is 0 Å². The van der Waals surface area contributed by atoms with Crippen LogP contribution in [-0.4, -0.2) is 9.32 Å². The molecule has 1 atom stereocenters. The van der Waals surface area contributed by atoms with Crippen molar-refractivity contribution >= 4 is 22.4 Å². The van der Waals surface area contributed by atoms with Crippen molar-refractivity contribution in [2.24, 2.45) is 0 Å². The molecule has 1 aliphatic heterocycles. The van der Waals surface area contributed by atoms with Gasteiger partial charge in [-0.25, -0.2) is 4.21 Å². The first-order valence-corrected chi connectivity index (χ1v) is 7.13. The van der Waals surface area contributed by atoms with E-state index in [4.69, 9.17) is 11.6 Å². The second-order valence-electron chi connectivity index (χ2n) is 4.39. The van der Waals surface area contributed by atoms with E-state index in [1.807, 2.05) is 31.2 Å². The van der Waals surface area contributed by atoms with Crippen LogP contribution in [0.1, 0.15) is 16.7 Å². The minimum absolute atomic E-state index is 0.0692. The second kappa shape index (κ2) is 4.11. The largest absolute Gasteiger partial charge is 0.507 e. The van der Waals surface area contributed by atoms with Crippen molar-refractivity contribution in [1.29, 1.82) is 0 Å². The van der Waals surface area contributed by atoms with Crippen LogP contribution >= 0.6 is 11.6 Å². The molecule has 18 heavy (non-hydrogen) atoms. The number of benzene rings is 2. The Bertz CT molecular complexity index is 680. The van der Waals surface area contributed by atoms with Crippen LogP contribution in [-0.2, 0) is 17.2 Å². The number of phenols is 1. The lowest BCUT2D eigenvalue weighted by Gasteiger charge is -2.21. The highest BCUT2D eigenvalue weighted by atomic mass is 35.5. The van der Waals surface area contributed by atoms with Crippen molar-refractivity contribution in [3.05, 3.63) is 52.0 Å². The maximum Gasteiger partial charge on any atom is 0.132 e. The Morgan fingerprint density at radius 3 is 2.83 bits per heavy atom. The SMILES string of the molecule is Cc1cc(O)c2c(c1Cl)Cc1ccccc1S2=O. The van der Waals surface area contributed by atoms with E-state index in [1.165, 1.54) is 0 Å². The fourth-order valence-corrected chi connectivity index (χ4v) is 4.04. The Labute approximate surface area is 113 Å². The van der Waals surface area contributed by atoms with E-state index in [-0.39, 0.29) is 5.75 Å². The Balaban J connectivity index is 2.32. The van der Waals surface area contributed by atoms with E-state index in [0.29, 0.717) is 16.3 Å². The molecular formula is C14H11ClO2S. The molecule has 0 amide bonds. The van der Waals surface area contributed by atoms with Crippen molar-refractivity contribution in [2.75, 3.05) is 0 Å². The summed E-state index contributed by atoms with van der Waals surface area (Å²) in [5.41, 5.74) is 2.60. The van der Waals surface area contributed by atoms with E-state index in [2.05, 4.69) is 0 Å². The molecule has 3 rings (SSSR count). The lowest BCUT2D eigenvalue weighted by Crippen LogP contribution is -2.10. The topological polar surface area (TPSA) is 37.3 Å². The first-order valence-electron chi connectivity index (χ1n) is 5.60. The molecule has 0 saturated heterocycles. The molecule has 0 spiro atoms. The molecule has 1 unspecified atom stereocenters. The second-order valence-corrected chi connectivity index (χ2v) is 6.15. The summed E-state index contributed by atoms with van der Waals surface area (Å²) >= 11 is 6.27. The summed E-state index contributed by atoms with van der Waals surface area (Å²) in [4.78, 5) is 1.23. The zero-order chi connectivity index (χ0) is 12.9. The minimum atomic E-state index is -1.35. The molecule has 2 aromatic rings. The molecule has 2 nitrogen and oxygen atoms in total. The Kier molecular flexibility index (Phi) is 2.68. The van der Waals surface area contributed by atoms with E-state index in [9.17, 15) is 9.32 Å². The molecule has 0 bridgehead atoms. The lowest BCUT2D eigenvalue weighted by atomic mass is 10.0. The fraction of sp³-hybridized carbons (Fsp3) is 0.143. The average molecular weight is 279 g/mol. The first kappa shape index (κ1) is 11.8. The van der Waals surface area contributed by atoms with Crippen molar-refractivity contribution < 1.29 is 9.32 Å². The van der Waals surface area contributed by atoms with Gasteiger partial charge in [0, 0.05) is 16.3 Å². The summed E-state index contributed by atoms with van der Waals surface area (Å²) in [6.45, 7) is 1.84. The van der Waals surface area contributed by atoms with Gasteiger partial charge in [0.25, 0.3) is 0 Å². The molecule has 2 aromatic carbocycles. The standard InChI is InChI=1S/C14H11ClO2S/c1-8-6-11(16)14-10(13(8)15)7-9-4-2-3-5-12(9)18(14)17/h2-6,16H,7H2,1H3. The maximum atomic E-state index is 12.5. The predicted molar refractivity (Wildman–Crippen MR) is 71.8 cm³/mol. The Morgan fingerprint density at radius 1 is 1.33 bits per heavy atom. The van der Waals surface area contributed by atoms with Gasteiger partial charge in [-0.2, -0.15) is 0 Å².